The van der Waals surface area contributed by atoms with Crippen molar-refractivity contribution in [1.82, 2.24) is 4.72 Å². The topological polar surface area (TPSA) is 72.2 Å². The third kappa shape index (κ3) is 3.64. The van der Waals surface area contributed by atoms with E-state index < -0.39 is 10.0 Å². The van der Waals surface area contributed by atoms with Crippen LogP contribution in [0.15, 0.2) is 23.1 Å². The Labute approximate surface area is 113 Å². The molecule has 18 heavy (non-hydrogen) atoms. The van der Waals surface area contributed by atoms with Gasteiger partial charge in [0, 0.05) is 18.2 Å². The molecule has 1 aromatic carbocycles. The Morgan fingerprint density at radius 3 is 2.78 bits per heavy atom. The fourth-order valence-electron chi connectivity index (χ4n) is 1.42. The van der Waals surface area contributed by atoms with E-state index in [-0.39, 0.29) is 16.0 Å². The average Bonchev–Trinajstić information content (AvgIpc) is 2.31. The lowest BCUT2D eigenvalue weighted by Gasteiger charge is -2.15. The normalized spacial score (nSPS) is 12.9. The second kappa shape index (κ2) is 6.10. The molecule has 0 radical (unpaired) electrons. The van der Waals surface area contributed by atoms with Crippen molar-refractivity contribution in [1.29, 1.82) is 0 Å². The van der Waals surface area contributed by atoms with Gasteiger partial charge >= 0.3 is 0 Å². The van der Waals surface area contributed by atoms with Crippen LogP contribution in [0.2, 0.25) is 5.02 Å². The first-order valence-corrected chi connectivity index (χ1v) is 7.27. The number of nitrogens with one attached hydrogen (secondary N) is 1. The molecule has 1 unspecified atom stereocenters. The summed E-state index contributed by atoms with van der Waals surface area (Å²) in [5, 5.41) is 0.132. The molecule has 1 atom stereocenters. The molecule has 0 bridgehead atoms. The molecule has 0 saturated carbocycles. The summed E-state index contributed by atoms with van der Waals surface area (Å²) in [5.41, 5.74) is 5.90. The van der Waals surface area contributed by atoms with Gasteiger partial charge in [-0.3, -0.25) is 0 Å². The number of rotatable bonds is 5. The van der Waals surface area contributed by atoms with Gasteiger partial charge in [0.2, 0.25) is 10.0 Å². The van der Waals surface area contributed by atoms with E-state index in [2.05, 4.69) is 10.6 Å². The predicted molar refractivity (Wildman–Crippen MR) is 73.7 cm³/mol. The van der Waals surface area contributed by atoms with Gasteiger partial charge in [-0.25, -0.2) is 13.1 Å². The number of sulfonamides is 1. The van der Waals surface area contributed by atoms with Crippen molar-refractivity contribution in [3.05, 3.63) is 23.2 Å². The Balaban J connectivity index is 3.06. The average molecular weight is 287 g/mol. The lowest BCUT2D eigenvalue weighted by atomic mass is 10.2. The summed E-state index contributed by atoms with van der Waals surface area (Å²) in [6.45, 7) is 1.85. The summed E-state index contributed by atoms with van der Waals surface area (Å²) in [7, 11) is -3.70. The maximum Gasteiger partial charge on any atom is 0.242 e. The molecule has 1 aromatic rings. The number of anilines is 1. The summed E-state index contributed by atoms with van der Waals surface area (Å²) in [5.74, 6) is 2.43. The van der Waals surface area contributed by atoms with E-state index in [1.807, 2.05) is 6.92 Å². The van der Waals surface area contributed by atoms with E-state index in [0.29, 0.717) is 18.5 Å². The second-order valence-corrected chi connectivity index (χ2v) is 5.91. The van der Waals surface area contributed by atoms with Crippen LogP contribution in [0.5, 0.6) is 0 Å². The minimum atomic E-state index is -3.70. The molecule has 0 saturated heterocycles. The molecule has 0 aromatic heterocycles. The molecule has 4 nitrogen and oxygen atoms in total. The van der Waals surface area contributed by atoms with Crippen LogP contribution >= 0.6 is 11.6 Å². The van der Waals surface area contributed by atoms with E-state index >= 15 is 0 Å². The number of terminal acetylenes is 1. The second-order valence-electron chi connectivity index (χ2n) is 3.82. The first-order valence-electron chi connectivity index (χ1n) is 5.41. The zero-order valence-electron chi connectivity index (χ0n) is 9.98. The summed E-state index contributed by atoms with van der Waals surface area (Å²) in [6.07, 6.45) is 6.12. The van der Waals surface area contributed by atoms with Crippen molar-refractivity contribution in [3.8, 4) is 12.3 Å². The Bertz CT molecular complexity index is 564. The van der Waals surface area contributed by atoms with Crippen molar-refractivity contribution in [2.75, 3.05) is 5.73 Å². The molecule has 6 heteroatoms. The monoisotopic (exact) mass is 286 g/mol. The van der Waals surface area contributed by atoms with Crippen molar-refractivity contribution in [2.24, 2.45) is 0 Å². The van der Waals surface area contributed by atoms with Crippen LogP contribution < -0.4 is 10.5 Å². The fraction of sp³-hybridized carbons (Fsp3) is 0.333. The summed E-state index contributed by atoms with van der Waals surface area (Å²) >= 11 is 5.87. The smallest absolute Gasteiger partial charge is 0.242 e. The van der Waals surface area contributed by atoms with Crippen LogP contribution in [0.1, 0.15) is 19.8 Å². The number of halogens is 1. The van der Waals surface area contributed by atoms with Crippen molar-refractivity contribution in [2.45, 2.75) is 30.7 Å². The molecule has 98 valence electrons. The highest BCUT2D eigenvalue weighted by atomic mass is 35.5. The number of hydrogen-bond acceptors (Lipinski definition) is 3. The first-order chi connectivity index (χ1) is 8.40. The van der Waals surface area contributed by atoms with E-state index in [0.717, 1.165) is 0 Å². The van der Waals surface area contributed by atoms with Gasteiger partial charge in [-0.2, -0.15) is 0 Å². The molecule has 0 aliphatic heterocycles. The van der Waals surface area contributed by atoms with Gasteiger partial charge in [0.25, 0.3) is 0 Å². The first kappa shape index (κ1) is 14.8. The molecular formula is C12H15ClN2O2S. The van der Waals surface area contributed by atoms with Crippen LogP contribution in [0, 0.1) is 12.3 Å². The van der Waals surface area contributed by atoms with Crippen molar-refractivity contribution < 1.29 is 8.42 Å². The fourth-order valence-corrected chi connectivity index (χ4v) is 3.27. The summed E-state index contributed by atoms with van der Waals surface area (Å²) < 4.78 is 26.8. The van der Waals surface area contributed by atoms with Gasteiger partial charge in [-0.1, -0.05) is 18.5 Å². The van der Waals surface area contributed by atoms with Gasteiger partial charge in [0.1, 0.15) is 4.90 Å². The quantitative estimate of drug-likeness (QED) is 0.642. The lowest BCUT2D eigenvalue weighted by molar-refractivity contribution is 0.544. The highest BCUT2D eigenvalue weighted by Crippen LogP contribution is 2.24. The van der Waals surface area contributed by atoms with Gasteiger partial charge in [-0.05, 0) is 24.6 Å². The maximum atomic E-state index is 12.1. The third-order valence-electron chi connectivity index (χ3n) is 2.42. The minimum absolute atomic E-state index is 0.0281. The number of nitrogen functional groups attached to an aromatic ring is 1. The molecule has 0 heterocycles. The zero-order chi connectivity index (χ0) is 13.8. The maximum absolute atomic E-state index is 12.1. The lowest BCUT2D eigenvalue weighted by Crippen LogP contribution is -2.34. The molecule has 0 amide bonds. The van der Waals surface area contributed by atoms with Gasteiger partial charge in [-0.15, -0.1) is 12.3 Å². The molecule has 1 rings (SSSR count). The summed E-state index contributed by atoms with van der Waals surface area (Å²) in [4.78, 5) is -0.0281. The van der Waals surface area contributed by atoms with Crippen LogP contribution in [0.25, 0.3) is 0 Å². The van der Waals surface area contributed by atoms with Crippen LogP contribution in [-0.4, -0.2) is 14.5 Å². The van der Waals surface area contributed by atoms with Crippen LogP contribution in [0.4, 0.5) is 5.69 Å². The third-order valence-corrected chi connectivity index (χ3v) is 4.43. The number of hydrogen-bond donors (Lipinski definition) is 2. The SMILES string of the molecule is C#CCC(CC)NS(=O)(=O)c1cc(N)ccc1Cl. The standard InChI is InChI=1S/C12H15ClN2O2S/c1-3-5-10(4-2)15-18(16,17)12-8-9(14)6-7-11(12)13/h1,6-8,10,15H,4-5,14H2,2H3. The molecule has 0 aliphatic carbocycles. The van der Waals surface area contributed by atoms with Gasteiger partial charge < -0.3 is 5.73 Å². The van der Waals surface area contributed by atoms with Crippen molar-refractivity contribution in [3.63, 3.8) is 0 Å². The van der Waals surface area contributed by atoms with Crippen LogP contribution in [-0.2, 0) is 10.0 Å². The highest BCUT2D eigenvalue weighted by molar-refractivity contribution is 7.89. The Hall–Kier alpha value is -1.22. The van der Waals surface area contributed by atoms with Gasteiger partial charge in [0.15, 0.2) is 0 Å². The number of nitrogens with two attached hydrogens (primary N) is 1. The van der Waals surface area contributed by atoms with Crippen LogP contribution in [0.3, 0.4) is 0 Å². The molecule has 3 N–H and O–H groups in total. The van der Waals surface area contributed by atoms with Gasteiger partial charge in [0.05, 0.1) is 5.02 Å². The molecule has 0 spiro atoms. The Morgan fingerprint density at radius 2 is 2.22 bits per heavy atom. The van der Waals surface area contributed by atoms with E-state index in [9.17, 15) is 8.42 Å². The highest BCUT2D eigenvalue weighted by Gasteiger charge is 2.21. The zero-order valence-corrected chi connectivity index (χ0v) is 11.6. The minimum Gasteiger partial charge on any atom is -0.399 e. The summed E-state index contributed by atoms with van der Waals surface area (Å²) in [6, 6.07) is 4.01. The molecule has 0 aliphatic rings. The Morgan fingerprint density at radius 1 is 1.56 bits per heavy atom. The Kier molecular flexibility index (Phi) is 5.03. The van der Waals surface area contributed by atoms with Crippen molar-refractivity contribution >= 4 is 27.3 Å². The van der Waals surface area contributed by atoms with E-state index in [1.165, 1.54) is 12.1 Å². The number of benzene rings is 1. The molecule has 0 fully saturated rings. The molecular weight excluding hydrogens is 272 g/mol. The predicted octanol–water partition coefficient (Wildman–Crippen LogP) is 2.00. The largest absolute Gasteiger partial charge is 0.399 e. The van der Waals surface area contributed by atoms with E-state index in [4.69, 9.17) is 23.8 Å². The van der Waals surface area contributed by atoms with E-state index in [1.54, 1.807) is 6.07 Å².